The van der Waals surface area contributed by atoms with E-state index in [1.54, 1.807) is 32.5 Å². The molecule has 9 nitrogen and oxygen atoms in total. The first-order valence-corrected chi connectivity index (χ1v) is 10.9. The molecule has 10 heteroatoms. The largest absolute Gasteiger partial charge is 0.493 e. The summed E-state index contributed by atoms with van der Waals surface area (Å²) < 4.78 is 12.6. The molecule has 0 spiro atoms. The normalized spacial score (nSPS) is 14.9. The highest BCUT2D eigenvalue weighted by atomic mass is 35.5. The number of para-hydroxylation sites is 1. The molecule has 1 N–H and O–H groups in total. The minimum absolute atomic E-state index is 0.148. The van der Waals surface area contributed by atoms with Gasteiger partial charge in [0.1, 0.15) is 5.82 Å². The van der Waals surface area contributed by atoms with Crippen LogP contribution in [0, 0.1) is 6.92 Å². The Balaban J connectivity index is 1.63. The zero-order valence-corrected chi connectivity index (χ0v) is 19.5. The van der Waals surface area contributed by atoms with E-state index in [1.165, 1.54) is 4.68 Å². The Morgan fingerprint density at radius 2 is 1.91 bits per heavy atom. The first kappa shape index (κ1) is 21.8. The smallest absolute Gasteiger partial charge is 0.272 e. The number of benzene rings is 2. The van der Waals surface area contributed by atoms with E-state index in [0.29, 0.717) is 28.0 Å². The van der Waals surface area contributed by atoms with Gasteiger partial charge in [-0.3, -0.25) is 4.79 Å². The predicted molar refractivity (Wildman–Crippen MR) is 127 cm³/mol. The number of methoxy groups -OCH3 is 2. The van der Waals surface area contributed by atoms with Crippen molar-refractivity contribution in [2.75, 3.05) is 19.5 Å². The van der Waals surface area contributed by atoms with Gasteiger partial charge in [-0.2, -0.15) is 14.9 Å². The Hall–Kier alpha value is -3.98. The topological polar surface area (TPSA) is 104 Å². The zero-order chi connectivity index (χ0) is 23.8. The van der Waals surface area contributed by atoms with E-state index in [-0.39, 0.29) is 24.2 Å². The molecule has 0 saturated heterocycles. The molecule has 172 valence electrons. The third kappa shape index (κ3) is 3.73. The molecule has 4 aromatic rings. The summed E-state index contributed by atoms with van der Waals surface area (Å²) in [6.07, 6.45) is 1.81. The highest BCUT2D eigenvalue weighted by Crippen LogP contribution is 2.45. The van der Waals surface area contributed by atoms with Crippen molar-refractivity contribution in [2.24, 2.45) is 0 Å². The van der Waals surface area contributed by atoms with Crippen molar-refractivity contribution in [3.63, 3.8) is 0 Å². The fourth-order valence-electron chi connectivity index (χ4n) is 4.29. The molecule has 34 heavy (non-hydrogen) atoms. The third-order valence-corrected chi connectivity index (χ3v) is 6.04. The second-order valence-corrected chi connectivity index (χ2v) is 8.23. The number of rotatable bonds is 5. The number of aryl methyl sites for hydroxylation is 1. The van der Waals surface area contributed by atoms with Crippen LogP contribution in [-0.4, -0.2) is 45.1 Å². The number of nitrogens with zero attached hydrogens (tertiary/aromatic N) is 5. The van der Waals surface area contributed by atoms with Gasteiger partial charge in [0.25, 0.3) is 5.95 Å². The highest BCUT2D eigenvalue weighted by molar-refractivity contribution is 6.30. The number of hydrogen-bond acceptors (Lipinski definition) is 7. The van der Waals surface area contributed by atoms with Crippen molar-refractivity contribution in [1.82, 2.24) is 25.0 Å². The van der Waals surface area contributed by atoms with Crippen LogP contribution in [0.3, 0.4) is 0 Å². The molecule has 2 aromatic heterocycles. The van der Waals surface area contributed by atoms with Crippen molar-refractivity contribution in [1.29, 1.82) is 0 Å². The summed E-state index contributed by atoms with van der Waals surface area (Å²) in [7, 11) is 3.17. The highest BCUT2D eigenvalue weighted by Gasteiger charge is 2.35. The van der Waals surface area contributed by atoms with Crippen LogP contribution in [0.15, 0.2) is 48.7 Å². The van der Waals surface area contributed by atoms with E-state index in [4.69, 9.17) is 21.1 Å². The Morgan fingerprint density at radius 1 is 1.12 bits per heavy atom. The minimum Gasteiger partial charge on any atom is -0.493 e. The summed E-state index contributed by atoms with van der Waals surface area (Å²) in [4.78, 5) is 17.4. The number of halogens is 1. The second-order valence-electron chi connectivity index (χ2n) is 7.80. The number of ether oxygens (including phenoxy) is 2. The molecular weight excluding hydrogens is 456 g/mol. The molecule has 0 aliphatic carbocycles. The van der Waals surface area contributed by atoms with Crippen molar-refractivity contribution in [3.8, 4) is 28.7 Å². The lowest BCUT2D eigenvalue weighted by Gasteiger charge is -2.26. The summed E-state index contributed by atoms with van der Waals surface area (Å²) in [5.74, 6) is 1.51. The van der Waals surface area contributed by atoms with Gasteiger partial charge >= 0.3 is 0 Å². The molecule has 1 aliphatic rings. The van der Waals surface area contributed by atoms with Crippen molar-refractivity contribution in [2.45, 2.75) is 19.3 Å². The van der Waals surface area contributed by atoms with Crippen LogP contribution in [0.4, 0.5) is 5.82 Å². The number of fused-ring (bicyclic) bond motifs is 1. The summed E-state index contributed by atoms with van der Waals surface area (Å²) in [6, 6.07) is 12.9. The van der Waals surface area contributed by atoms with Crippen LogP contribution in [0.1, 0.15) is 29.2 Å². The number of nitrogens with one attached hydrogen (secondary N) is 1. The first-order valence-electron chi connectivity index (χ1n) is 10.6. The number of hydrogen-bond donors (Lipinski definition) is 1. The molecule has 0 saturated carbocycles. The molecule has 1 amide bonds. The molecule has 1 atom stereocenters. The average molecular weight is 477 g/mol. The van der Waals surface area contributed by atoms with Gasteiger partial charge in [0, 0.05) is 34.1 Å². The van der Waals surface area contributed by atoms with Gasteiger partial charge in [0.05, 0.1) is 31.8 Å². The van der Waals surface area contributed by atoms with E-state index >= 15 is 0 Å². The number of amides is 1. The number of anilines is 1. The summed E-state index contributed by atoms with van der Waals surface area (Å²) in [5, 5.41) is 16.5. The van der Waals surface area contributed by atoms with Gasteiger partial charge in [-0.05, 0) is 25.1 Å². The van der Waals surface area contributed by atoms with Crippen LogP contribution >= 0.6 is 11.6 Å². The van der Waals surface area contributed by atoms with E-state index < -0.39 is 0 Å². The fraction of sp³-hybridized carbons (Fsp3) is 0.208. The standard InChI is InChI=1S/C24H21ClN6O3/c1-13-21-17(16-5-4-6-19(33-2)22(16)34-3)11-20(32)28-23(21)31(30-13)24-27-18(12-26-29-24)14-7-9-15(25)10-8-14/h4-10,12,17H,11H2,1-3H3,(H,28,32)/t17-/m1/s1. The molecular formula is C24H21ClN6O3. The van der Waals surface area contributed by atoms with Crippen LogP contribution in [0.25, 0.3) is 17.2 Å². The summed E-state index contributed by atoms with van der Waals surface area (Å²) in [6.45, 7) is 1.89. The van der Waals surface area contributed by atoms with E-state index in [2.05, 4.69) is 25.6 Å². The monoisotopic (exact) mass is 476 g/mol. The molecule has 2 aromatic carbocycles. The fourth-order valence-corrected chi connectivity index (χ4v) is 4.41. The van der Waals surface area contributed by atoms with Crippen molar-refractivity contribution < 1.29 is 14.3 Å². The summed E-state index contributed by atoms with van der Waals surface area (Å²) >= 11 is 6.01. The quantitative estimate of drug-likeness (QED) is 0.460. The zero-order valence-electron chi connectivity index (χ0n) is 18.7. The molecule has 0 radical (unpaired) electrons. The molecule has 0 unspecified atom stereocenters. The number of carbonyl (C=O) groups excluding carboxylic acids is 1. The SMILES string of the molecule is COc1cccc([C@H]2CC(=O)Nc3c2c(C)nn3-c2nncc(-c3ccc(Cl)cc3)n2)c1OC. The Morgan fingerprint density at radius 3 is 2.65 bits per heavy atom. The molecule has 3 heterocycles. The van der Waals surface area contributed by atoms with E-state index in [9.17, 15) is 4.79 Å². The Kier molecular flexibility index (Phi) is 5.62. The Labute approximate surface area is 200 Å². The van der Waals surface area contributed by atoms with Gasteiger partial charge in [-0.15, -0.1) is 5.10 Å². The predicted octanol–water partition coefficient (Wildman–Crippen LogP) is 4.18. The Bertz CT molecular complexity index is 1390. The van der Waals surface area contributed by atoms with Gasteiger partial charge in [0.2, 0.25) is 5.91 Å². The van der Waals surface area contributed by atoms with Crippen LogP contribution < -0.4 is 14.8 Å². The first-order chi connectivity index (χ1) is 16.5. The van der Waals surface area contributed by atoms with Gasteiger partial charge in [-0.1, -0.05) is 35.9 Å². The van der Waals surface area contributed by atoms with E-state index in [0.717, 1.165) is 22.4 Å². The molecule has 0 bridgehead atoms. The lowest BCUT2D eigenvalue weighted by atomic mass is 9.85. The van der Waals surface area contributed by atoms with Crippen LogP contribution in [-0.2, 0) is 4.79 Å². The van der Waals surface area contributed by atoms with E-state index in [1.807, 2.05) is 37.3 Å². The maximum absolute atomic E-state index is 12.8. The lowest BCUT2D eigenvalue weighted by Crippen LogP contribution is -2.25. The third-order valence-electron chi connectivity index (χ3n) is 5.79. The minimum atomic E-state index is -0.282. The van der Waals surface area contributed by atoms with Crippen molar-refractivity contribution in [3.05, 3.63) is 70.5 Å². The van der Waals surface area contributed by atoms with Crippen LogP contribution in [0.5, 0.6) is 11.5 Å². The maximum atomic E-state index is 12.8. The molecule has 0 fully saturated rings. The van der Waals surface area contributed by atoms with Gasteiger partial charge < -0.3 is 14.8 Å². The number of carbonyl (C=O) groups is 1. The maximum Gasteiger partial charge on any atom is 0.272 e. The average Bonchev–Trinajstić information content (AvgIpc) is 3.19. The number of aromatic nitrogens is 5. The van der Waals surface area contributed by atoms with Gasteiger partial charge in [0.15, 0.2) is 11.5 Å². The lowest BCUT2D eigenvalue weighted by molar-refractivity contribution is -0.116. The van der Waals surface area contributed by atoms with Crippen molar-refractivity contribution >= 4 is 23.3 Å². The van der Waals surface area contributed by atoms with Crippen LogP contribution in [0.2, 0.25) is 5.02 Å². The summed E-state index contributed by atoms with van der Waals surface area (Å²) in [5.41, 5.74) is 3.89. The molecule has 1 aliphatic heterocycles. The molecule has 5 rings (SSSR count). The second kappa shape index (κ2) is 8.75. The van der Waals surface area contributed by atoms with Gasteiger partial charge in [-0.25, -0.2) is 4.98 Å².